The van der Waals surface area contributed by atoms with Crippen LogP contribution in [-0.4, -0.2) is 28.2 Å². The van der Waals surface area contributed by atoms with E-state index in [0.29, 0.717) is 38.9 Å². The van der Waals surface area contributed by atoms with E-state index >= 15 is 0 Å². The van der Waals surface area contributed by atoms with E-state index < -0.39 is 11.2 Å². The molecule has 3 aromatic rings. The summed E-state index contributed by atoms with van der Waals surface area (Å²) in [4.78, 5) is 32.9. The lowest BCUT2D eigenvalue weighted by Gasteiger charge is -2.18. The van der Waals surface area contributed by atoms with Gasteiger partial charge in [-0.25, -0.2) is 9.78 Å². The Kier molecular flexibility index (Phi) is 4.73. The first kappa shape index (κ1) is 18.0. The first-order valence-electron chi connectivity index (χ1n) is 7.98. The zero-order valence-corrected chi connectivity index (χ0v) is 15.5. The lowest BCUT2D eigenvalue weighted by atomic mass is 10.1. The van der Waals surface area contributed by atoms with Crippen LogP contribution in [0.1, 0.15) is 19.4 Å². The molecule has 136 valence electrons. The summed E-state index contributed by atoms with van der Waals surface area (Å²) in [5, 5.41) is 0.447. The van der Waals surface area contributed by atoms with Crippen molar-refractivity contribution >= 4 is 22.6 Å². The summed E-state index contributed by atoms with van der Waals surface area (Å²) in [5.41, 5.74) is 1.17. The van der Waals surface area contributed by atoms with E-state index in [-0.39, 0.29) is 11.6 Å². The van der Waals surface area contributed by atoms with Crippen LogP contribution in [0.25, 0.3) is 22.3 Å². The Morgan fingerprint density at radius 1 is 1.15 bits per heavy atom. The summed E-state index contributed by atoms with van der Waals surface area (Å²) in [7, 11) is 1.52. The van der Waals surface area contributed by atoms with Crippen LogP contribution in [0.5, 0.6) is 11.5 Å². The molecule has 0 spiro atoms. The highest BCUT2D eigenvalue weighted by Gasteiger charge is 2.19. The van der Waals surface area contributed by atoms with Gasteiger partial charge in [-0.15, -0.1) is 0 Å². The second-order valence-electron chi connectivity index (χ2n) is 6.11. The molecule has 8 heteroatoms. The van der Waals surface area contributed by atoms with Gasteiger partial charge in [0.2, 0.25) is 0 Å². The molecule has 26 heavy (non-hydrogen) atoms. The fourth-order valence-corrected chi connectivity index (χ4v) is 2.92. The number of hydrogen-bond donors (Lipinski definition) is 2. The number of fused-ring (bicyclic) bond motifs is 1. The number of H-pyrrole nitrogens is 2. The van der Waals surface area contributed by atoms with E-state index in [2.05, 4.69) is 15.0 Å². The van der Waals surface area contributed by atoms with Gasteiger partial charge in [-0.3, -0.25) is 9.78 Å². The highest BCUT2D eigenvalue weighted by Crippen LogP contribution is 2.41. The number of nitrogens with zero attached hydrogens (tertiary/aromatic N) is 1. The summed E-state index contributed by atoms with van der Waals surface area (Å²) in [6.07, 6.45) is -0.106. The standard InChI is InChI=1S/C18H18ClN3O4/c1-8(2)26-16-11(6-10(19)7-13(16)25-4)12-5-9(3)14-15(20-12)17(23)22-18(24)21-14/h5-8H,1-4H3,(H2,21,22,23,24). The Bertz CT molecular complexity index is 1100. The van der Waals surface area contributed by atoms with Gasteiger partial charge < -0.3 is 14.5 Å². The van der Waals surface area contributed by atoms with Crippen molar-refractivity contribution < 1.29 is 9.47 Å². The summed E-state index contributed by atoms with van der Waals surface area (Å²) in [6, 6.07) is 5.12. The summed E-state index contributed by atoms with van der Waals surface area (Å²) in [5.74, 6) is 0.954. The minimum atomic E-state index is -0.576. The lowest BCUT2D eigenvalue weighted by molar-refractivity contribution is 0.231. The molecule has 0 atom stereocenters. The normalized spacial score (nSPS) is 11.2. The maximum absolute atomic E-state index is 12.2. The van der Waals surface area contributed by atoms with Crippen LogP contribution in [0, 0.1) is 6.92 Å². The average Bonchev–Trinajstić information content (AvgIpc) is 2.56. The van der Waals surface area contributed by atoms with Gasteiger partial charge >= 0.3 is 5.69 Å². The van der Waals surface area contributed by atoms with Crippen molar-refractivity contribution in [3.05, 3.63) is 49.6 Å². The van der Waals surface area contributed by atoms with Crippen LogP contribution in [0.2, 0.25) is 5.02 Å². The van der Waals surface area contributed by atoms with Crippen LogP contribution in [-0.2, 0) is 0 Å². The Morgan fingerprint density at radius 3 is 2.54 bits per heavy atom. The molecule has 0 amide bonds. The second-order valence-corrected chi connectivity index (χ2v) is 6.54. The zero-order chi connectivity index (χ0) is 19.0. The number of nitrogens with one attached hydrogen (secondary N) is 2. The second kappa shape index (κ2) is 6.84. The highest BCUT2D eigenvalue weighted by molar-refractivity contribution is 6.31. The van der Waals surface area contributed by atoms with Crippen molar-refractivity contribution in [1.29, 1.82) is 0 Å². The number of pyridine rings is 1. The number of methoxy groups -OCH3 is 1. The van der Waals surface area contributed by atoms with Crippen molar-refractivity contribution in [3.63, 3.8) is 0 Å². The molecule has 0 saturated carbocycles. The van der Waals surface area contributed by atoms with Crippen LogP contribution in [0.15, 0.2) is 27.8 Å². The minimum absolute atomic E-state index is 0.106. The first-order chi connectivity index (χ1) is 12.3. The predicted molar refractivity (Wildman–Crippen MR) is 100 cm³/mol. The van der Waals surface area contributed by atoms with Gasteiger partial charge in [-0.1, -0.05) is 11.6 Å². The Morgan fingerprint density at radius 2 is 1.88 bits per heavy atom. The largest absolute Gasteiger partial charge is 0.493 e. The van der Waals surface area contributed by atoms with Gasteiger partial charge in [0.25, 0.3) is 5.56 Å². The Balaban J connectivity index is 2.34. The minimum Gasteiger partial charge on any atom is -0.493 e. The molecule has 1 aromatic carbocycles. The fraction of sp³-hybridized carbons (Fsp3) is 0.278. The van der Waals surface area contributed by atoms with Gasteiger partial charge in [0.15, 0.2) is 17.0 Å². The van der Waals surface area contributed by atoms with Crippen LogP contribution in [0.4, 0.5) is 0 Å². The van der Waals surface area contributed by atoms with E-state index in [1.165, 1.54) is 7.11 Å². The van der Waals surface area contributed by atoms with Gasteiger partial charge in [0.1, 0.15) is 0 Å². The van der Waals surface area contributed by atoms with Crippen LogP contribution >= 0.6 is 11.6 Å². The topological polar surface area (TPSA) is 97.1 Å². The fourth-order valence-electron chi connectivity index (χ4n) is 2.71. The molecule has 0 radical (unpaired) electrons. The van der Waals surface area contributed by atoms with E-state index in [1.807, 2.05) is 13.8 Å². The molecule has 0 bridgehead atoms. The van der Waals surface area contributed by atoms with Gasteiger partial charge in [0.05, 0.1) is 24.4 Å². The van der Waals surface area contributed by atoms with Crippen molar-refractivity contribution in [2.75, 3.05) is 7.11 Å². The summed E-state index contributed by atoms with van der Waals surface area (Å²) < 4.78 is 11.3. The van der Waals surface area contributed by atoms with E-state index in [1.54, 1.807) is 25.1 Å². The summed E-state index contributed by atoms with van der Waals surface area (Å²) >= 11 is 6.22. The number of hydrogen-bond acceptors (Lipinski definition) is 5. The third-order valence-corrected chi connectivity index (χ3v) is 3.98. The molecule has 2 N–H and O–H groups in total. The molecule has 7 nitrogen and oxygen atoms in total. The molecular formula is C18H18ClN3O4. The number of aromatic amines is 2. The third kappa shape index (κ3) is 3.30. The van der Waals surface area contributed by atoms with Crippen LogP contribution in [0.3, 0.4) is 0 Å². The molecule has 2 heterocycles. The number of halogens is 1. The number of benzene rings is 1. The molecule has 0 unspecified atom stereocenters. The van der Waals surface area contributed by atoms with Gasteiger partial charge in [-0.05, 0) is 38.5 Å². The smallest absolute Gasteiger partial charge is 0.326 e. The van der Waals surface area contributed by atoms with Crippen molar-refractivity contribution in [2.45, 2.75) is 26.9 Å². The number of rotatable bonds is 4. The predicted octanol–water partition coefficient (Wildman–Crippen LogP) is 3.04. The maximum Gasteiger partial charge on any atom is 0.326 e. The molecule has 3 rings (SSSR count). The molecule has 0 fully saturated rings. The van der Waals surface area contributed by atoms with Gasteiger partial charge in [0, 0.05) is 16.7 Å². The monoisotopic (exact) mass is 375 g/mol. The van der Waals surface area contributed by atoms with Crippen molar-refractivity contribution in [2.24, 2.45) is 0 Å². The molecule has 0 aliphatic carbocycles. The number of aryl methyl sites for hydroxylation is 1. The Labute approximate surface area is 154 Å². The summed E-state index contributed by atoms with van der Waals surface area (Å²) in [6.45, 7) is 5.58. The van der Waals surface area contributed by atoms with E-state index in [9.17, 15) is 9.59 Å². The Hall–Kier alpha value is -2.80. The quantitative estimate of drug-likeness (QED) is 0.730. The van der Waals surface area contributed by atoms with E-state index in [4.69, 9.17) is 21.1 Å². The van der Waals surface area contributed by atoms with Crippen LogP contribution < -0.4 is 20.7 Å². The molecule has 0 saturated heterocycles. The molecular weight excluding hydrogens is 358 g/mol. The SMILES string of the molecule is COc1cc(Cl)cc(-c2cc(C)c3[nH]c(=O)[nH]c(=O)c3n2)c1OC(C)C. The van der Waals surface area contributed by atoms with Crippen molar-refractivity contribution in [3.8, 4) is 22.8 Å². The zero-order valence-electron chi connectivity index (χ0n) is 14.8. The molecule has 2 aromatic heterocycles. The highest BCUT2D eigenvalue weighted by atomic mass is 35.5. The third-order valence-electron chi connectivity index (χ3n) is 3.77. The number of ether oxygens (including phenoxy) is 2. The first-order valence-corrected chi connectivity index (χ1v) is 8.36. The maximum atomic E-state index is 12.2. The average molecular weight is 376 g/mol. The molecule has 0 aliphatic heterocycles. The molecule has 0 aliphatic rings. The van der Waals surface area contributed by atoms with Crippen molar-refractivity contribution in [1.82, 2.24) is 15.0 Å². The van der Waals surface area contributed by atoms with E-state index in [0.717, 1.165) is 0 Å². The van der Waals surface area contributed by atoms with Gasteiger partial charge in [-0.2, -0.15) is 0 Å². The lowest BCUT2D eigenvalue weighted by Crippen LogP contribution is -2.23. The number of aromatic nitrogens is 3.